The lowest BCUT2D eigenvalue weighted by Gasteiger charge is -2.30. The number of amides is 1. The summed E-state index contributed by atoms with van der Waals surface area (Å²) < 4.78 is 18.6. The summed E-state index contributed by atoms with van der Waals surface area (Å²) >= 11 is 1.28. The highest BCUT2D eigenvalue weighted by molar-refractivity contribution is 7.16. The number of carbonyl (C=O) groups excluding carboxylic acids is 1. The largest absolute Gasteiger partial charge is 0.378 e. The van der Waals surface area contributed by atoms with Crippen molar-refractivity contribution in [1.82, 2.24) is 4.98 Å². The molecule has 1 aliphatic heterocycles. The van der Waals surface area contributed by atoms with E-state index < -0.39 is 10.8 Å². The molecule has 10 heteroatoms. The monoisotopic (exact) mass is 442 g/mol. The second-order valence-electron chi connectivity index (χ2n) is 6.94. The molecular formula is C21H19FN4O4S. The van der Waals surface area contributed by atoms with E-state index in [9.17, 15) is 19.3 Å². The first-order chi connectivity index (χ1) is 14.9. The minimum absolute atomic E-state index is 0.163. The molecule has 0 radical (unpaired) electrons. The normalized spacial score (nSPS) is 13.8. The topological polar surface area (TPSA) is 97.6 Å². The van der Waals surface area contributed by atoms with Crippen LogP contribution in [-0.2, 0) is 4.74 Å². The molecule has 0 spiro atoms. The molecule has 0 atom stereocenters. The Bertz CT molecular complexity index is 1130. The van der Waals surface area contributed by atoms with Crippen molar-refractivity contribution in [1.29, 1.82) is 0 Å². The van der Waals surface area contributed by atoms with Crippen LogP contribution in [0.15, 0.2) is 42.5 Å². The average molecular weight is 442 g/mol. The lowest BCUT2D eigenvalue weighted by atomic mass is 10.1. The van der Waals surface area contributed by atoms with Crippen LogP contribution in [0.2, 0.25) is 0 Å². The van der Waals surface area contributed by atoms with Crippen molar-refractivity contribution in [3.05, 3.63) is 68.8 Å². The Hall–Kier alpha value is -3.37. The molecule has 1 N–H and O–H groups in total. The van der Waals surface area contributed by atoms with Gasteiger partial charge in [0.05, 0.1) is 35.1 Å². The van der Waals surface area contributed by atoms with Gasteiger partial charge < -0.3 is 9.64 Å². The number of nitrogens with one attached hydrogen (secondary N) is 1. The Labute approximate surface area is 181 Å². The van der Waals surface area contributed by atoms with Crippen LogP contribution in [0.5, 0.6) is 0 Å². The molecule has 2 heterocycles. The fourth-order valence-electron chi connectivity index (χ4n) is 3.39. The molecule has 1 aliphatic rings. The Balaban J connectivity index is 1.63. The van der Waals surface area contributed by atoms with E-state index >= 15 is 0 Å². The van der Waals surface area contributed by atoms with E-state index in [1.165, 1.54) is 35.6 Å². The van der Waals surface area contributed by atoms with Crippen LogP contribution < -0.4 is 10.2 Å². The number of anilines is 2. The number of rotatable bonds is 5. The zero-order valence-corrected chi connectivity index (χ0v) is 17.4. The zero-order valence-electron chi connectivity index (χ0n) is 16.6. The number of aromatic nitrogens is 1. The first-order valence-electron chi connectivity index (χ1n) is 9.58. The molecule has 1 saturated heterocycles. The molecule has 0 saturated carbocycles. The highest BCUT2D eigenvalue weighted by atomic mass is 32.1. The van der Waals surface area contributed by atoms with Crippen LogP contribution in [0.4, 0.5) is 20.9 Å². The van der Waals surface area contributed by atoms with E-state index in [2.05, 4.69) is 10.3 Å². The number of nitrogens with zero attached hydrogens (tertiary/aromatic N) is 3. The number of carbonyl (C=O) groups is 1. The number of morpholine rings is 1. The number of nitro benzene ring substituents is 1. The van der Waals surface area contributed by atoms with Crippen LogP contribution in [0.3, 0.4) is 0 Å². The molecular weight excluding hydrogens is 423 g/mol. The van der Waals surface area contributed by atoms with Crippen LogP contribution >= 0.6 is 11.3 Å². The predicted molar refractivity (Wildman–Crippen MR) is 116 cm³/mol. The number of thiazole rings is 1. The van der Waals surface area contributed by atoms with Crippen LogP contribution in [0.25, 0.3) is 11.3 Å². The molecule has 0 unspecified atom stereocenters. The van der Waals surface area contributed by atoms with Gasteiger partial charge in [-0.2, -0.15) is 0 Å². The van der Waals surface area contributed by atoms with Gasteiger partial charge in [0.25, 0.3) is 11.6 Å². The SMILES string of the molecule is Cc1sc(NC(=O)c2cc([N+](=O)[O-])ccc2N2CCOCC2)nc1-c1ccc(F)cc1. The molecule has 1 amide bonds. The van der Waals surface area contributed by atoms with Gasteiger partial charge in [-0.25, -0.2) is 9.37 Å². The molecule has 3 aromatic rings. The van der Waals surface area contributed by atoms with Crippen LogP contribution in [0.1, 0.15) is 15.2 Å². The van der Waals surface area contributed by atoms with E-state index in [4.69, 9.17) is 4.74 Å². The molecule has 2 aromatic carbocycles. The van der Waals surface area contributed by atoms with E-state index in [0.29, 0.717) is 42.8 Å². The average Bonchev–Trinajstić information content (AvgIpc) is 3.14. The summed E-state index contributed by atoms with van der Waals surface area (Å²) in [4.78, 5) is 31.1. The number of halogens is 1. The molecule has 0 bridgehead atoms. The van der Waals surface area contributed by atoms with Crippen molar-refractivity contribution in [3.63, 3.8) is 0 Å². The Kier molecular flexibility index (Phi) is 5.92. The van der Waals surface area contributed by atoms with Gasteiger partial charge in [-0.3, -0.25) is 20.2 Å². The number of aryl methyl sites for hydroxylation is 1. The van der Waals surface area contributed by atoms with Gasteiger partial charge in [-0.15, -0.1) is 11.3 Å². The number of benzene rings is 2. The third-order valence-corrected chi connectivity index (χ3v) is 5.81. The van der Waals surface area contributed by atoms with Gasteiger partial charge in [-0.1, -0.05) is 0 Å². The van der Waals surface area contributed by atoms with Gasteiger partial charge in [0.15, 0.2) is 5.13 Å². The van der Waals surface area contributed by atoms with E-state index in [0.717, 1.165) is 10.4 Å². The Morgan fingerprint density at radius 3 is 2.61 bits per heavy atom. The Morgan fingerprint density at radius 1 is 1.23 bits per heavy atom. The molecule has 1 aromatic heterocycles. The summed E-state index contributed by atoms with van der Waals surface area (Å²) in [5.74, 6) is -0.823. The molecule has 8 nitrogen and oxygen atoms in total. The van der Waals surface area contributed by atoms with Crippen molar-refractivity contribution in [2.45, 2.75) is 6.92 Å². The number of ether oxygens (including phenoxy) is 1. The summed E-state index contributed by atoms with van der Waals surface area (Å²) in [5.41, 5.74) is 2.03. The maximum absolute atomic E-state index is 13.2. The van der Waals surface area contributed by atoms with Crippen LogP contribution in [0, 0.1) is 22.9 Å². The predicted octanol–water partition coefficient (Wildman–Crippen LogP) is 4.25. The van der Waals surface area contributed by atoms with Gasteiger partial charge in [0.2, 0.25) is 0 Å². The van der Waals surface area contributed by atoms with Crippen molar-refractivity contribution in [2.24, 2.45) is 0 Å². The fraction of sp³-hybridized carbons (Fsp3) is 0.238. The number of nitro groups is 1. The van der Waals surface area contributed by atoms with Crippen molar-refractivity contribution < 1.29 is 18.8 Å². The van der Waals surface area contributed by atoms with Gasteiger partial charge >= 0.3 is 0 Å². The summed E-state index contributed by atoms with van der Waals surface area (Å²) in [6.07, 6.45) is 0. The second kappa shape index (κ2) is 8.78. The van der Waals surface area contributed by atoms with Crippen molar-refractivity contribution in [3.8, 4) is 11.3 Å². The summed E-state index contributed by atoms with van der Waals surface area (Å²) in [5, 5.41) is 14.4. The number of hydrogen-bond acceptors (Lipinski definition) is 7. The molecule has 160 valence electrons. The van der Waals surface area contributed by atoms with E-state index in [1.807, 2.05) is 11.8 Å². The number of non-ortho nitro benzene ring substituents is 1. The summed E-state index contributed by atoms with van der Waals surface area (Å²) in [6.45, 7) is 4.07. The third kappa shape index (κ3) is 4.54. The van der Waals surface area contributed by atoms with Crippen LogP contribution in [-0.4, -0.2) is 42.1 Å². The second-order valence-corrected chi connectivity index (χ2v) is 8.15. The lowest BCUT2D eigenvalue weighted by Crippen LogP contribution is -2.37. The zero-order chi connectivity index (χ0) is 22.0. The van der Waals surface area contributed by atoms with Crippen molar-refractivity contribution in [2.75, 3.05) is 36.5 Å². The maximum Gasteiger partial charge on any atom is 0.270 e. The summed E-state index contributed by atoms with van der Waals surface area (Å²) in [7, 11) is 0. The standard InChI is InChI=1S/C21H19FN4O4S/c1-13-19(14-2-4-15(22)5-3-14)23-21(31-13)24-20(27)17-12-16(26(28)29)6-7-18(17)25-8-10-30-11-9-25/h2-7,12H,8-11H2,1H3,(H,23,24,27). The highest BCUT2D eigenvalue weighted by Crippen LogP contribution is 2.32. The Morgan fingerprint density at radius 2 is 1.94 bits per heavy atom. The highest BCUT2D eigenvalue weighted by Gasteiger charge is 2.23. The van der Waals surface area contributed by atoms with Crippen molar-refractivity contribution >= 4 is 33.8 Å². The maximum atomic E-state index is 13.2. The lowest BCUT2D eigenvalue weighted by molar-refractivity contribution is -0.384. The molecule has 31 heavy (non-hydrogen) atoms. The van der Waals surface area contributed by atoms with Gasteiger partial charge in [-0.05, 0) is 37.3 Å². The third-order valence-electron chi connectivity index (χ3n) is 4.92. The summed E-state index contributed by atoms with van der Waals surface area (Å²) in [6, 6.07) is 10.2. The van der Waals surface area contributed by atoms with E-state index in [1.54, 1.807) is 18.2 Å². The minimum Gasteiger partial charge on any atom is -0.378 e. The van der Waals surface area contributed by atoms with E-state index in [-0.39, 0.29) is 17.1 Å². The first-order valence-corrected chi connectivity index (χ1v) is 10.4. The molecule has 0 aliphatic carbocycles. The quantitative estimate of drug-likeness (QED) is 0.469. The number of hydrogen-bond donors (Lipinski definition) is 1. The van der Waals surface area contributed by atoms with Gasteiger partial charge in [0.1, 0.15) is 5.82 Å². The fourth-order valence-corrected chi connectivity index (χ4v) is 4.22. The van der Waals surface area contributed by atoms with Gasteiger partial charge in [0, 0.05) is 35.7 Å². The first kappa shape index (κ1) is 20.9. The smallest absolute Gasteiger partial charge is 0.270 e. The molecule has 1 fully saturated rings. The molecule has 4 rings (SSSR count). The minimum atomic E-state index is -0.528.